The lowest BCUT2D eigenvalue weighted by Crippen LogP contribution is -2.41. The van der Waals surface area contributed by atoms with Crippen molar-refractivity contribution in [1.82, 2.24) is 10.2 Å². The molecule has 158 valence electrons. The molecule has 2 aromatic carbocycles. The van der Waals surface area contributed by atoms with Crippen LogP contribution in [0.5, 0.6) is 0 Å². The van der Waals surface area contributed by atoms with Crippen molar-refractivity contribution in [3.8, 4) is 0 Å². The zero-order valence-electron chi connectivity index (χ0n) is 18.3. The molecule has 0 saturated carbocycles. The van der Waals surface area contributed by atoms with Gasteiger partial charge < -0.3 is 9.73 Å². The Labute approximate surface area is 178 Å². The molecule has 4 nitrogen and oxygen atoms in total. The summed E-state index contributed by atoms with van der Waals surface area (Å²) in [4.78, 5) is 14.6. The number of hydrogen-bond donors (Lipinski definition) is 1. The molecule has 0 radical (unpaired) electrons. The third-order valence-electron chi connectivity index (χ3n) is 6.26. The summed E-state index contributed by atoms with van der Waals surface area (Å²) in [6.45, 7) is 10.4. The Bertz CT molecular complexity index is 1050. The second kappa shape index (κ2) is 9.15. The van der Waals surface area contributed by atoms with E-state index < -0.39 is 0 Å². The topological polar surface area (TPSA) is 45.5 Å². The maximum absolute atomic E-state index is 12.1. The Morgan fingerprint density at radius 1 is 1.10 bits per heavy atom. The van der Waals surface area contributed by atoms with Crippen LogP contribution in [-0.2, 0) is 13.1 Å². The number of rotatable bonds is 6. The first kappa shape index (κ1) is 20.8. The van der Waals surface area contributed by atoms with E-state index in [0.717, 1.165) is 43.4 Å². The van der Waals surface area contributed by atoms with E-state index in [2.05, 4.69) is 67.4 Å². The molecule has 0 bridgehead atoms. The van der Waals surface area contributed by atoms with Crippen LogP contribution in [0.25, 0.3) is 11.0 Å². The highest BCUT2D eigenvalue weighted by molar-refractivity contribution is 5.82. The lowest BCUT2D eigenvalue weighted by atomic mass is 9.94. The maximum Gasteiger partial charge on any atom is 0.336 e. The second-order valence-electron chi connectivity index (χ2n) is 8.87. The molecule has 0 amide bonds. The van der Waals surface area contributed by atoms with Gasteiger partial charge in [-0.25, -0.2) is 4.79 Å². The second-order valence-corrected chi connectivity index (χ2v) is 8.87. The first-order valence-corrected chi connectivity index (χ1v) is 11.1. The van der Waals surface area contributed by atoms with Crippen LogP contribution in [0.2, 0.25) is 0 Å². The van der Waals surface area contributed by atoms with E-state index in [1.54, 1.807) is 6.07 Å². The molecule has 0 atom stereocenters. The fraction of sp³-hybridized carbons (Fsp3) is 0.423. The fourth-order valence-electron chi connectivity index (χ4n) is 4.55. The lowest BCUT2D eigenvalue weighted by molar-refractivity contribution is 0.190. The average molecular weight is 405 g/mol. The molecule has 4 heteroatoms. The van der Waals surface area contributed by atoms with Crippen LogP contribution in [-0.4, -0.2) is 24.0 Å². The monoisotopic (exact) mass is 404 g/mol. The van der Waals surface area contributed by atoms with Crippen LogP contribution in [0.1, 0.15) is 54.9 Å². The summed E-state index contributed by atoms with van der Waals surface area (Å²) in [6, 6.07) is 17.0. The predicted molar refractivity (Wildman–Crippen MR) is 123 cm³/mol. The fourth-order valence-corrected chi connectivity index (χ4v) is 4.55. The molecule has 0 spiro atoms. The van der Waals surface area contributed by atoms with Gasteiger partial charge in [0, 0.05) is 30.6 Å². The quantitative estimate of drug-likeness (QED) is 0.589. The summed E-state index contributed by atoms with van der Waals surface area (Å²) >= 11 is 0. The summed E-state index contributed by atoms with van der Waals surface area (Å²) in [6.07, 6.45) is 2.26. The van der Waals surface area contributed by atoms with Crippen molar-refractivity contribution < 1.29 is 4.42 Å². The van der Waals surface area contributed by atoms with Crippen molar-refractivity contribution in [3.05, 3.63) is 81.2 Å². The van der Waals surface area contributed by atoms with Gasteiger partial charge in [-0.2, -0.15) is 0 Å². The van der Waals surface area contributed by atoms with Gasteiger partial charge in [0.2, 0.25) is 0 Å². The average Bonchev–Trinajstić information content (AvgIpc) is 2.73. The molecule has 1 aliphatic rings. The van der Waals surface area contributed by atoms with E-state index in [1.165, 1.54) is 16.7 Å². The summed E-state index contributed by atoms with van der Waals surface area (Å²) < 4.78 is 5.49. The van der Waals surface area contributed by atoms with E-state index in [1.807, 2.05) is 6.07 Å². The van der Waals surface area contributed by atoms with Crippen LogP contribution in [0.3, 0.4) is 0 Å². The van der Waals surface area contributed by atoms with Gasteiger partial charge in [-0.1, -0.05) is 44.2 Å². The van der Waals surface area contributed by atoms with Crippen molar-refractivity contribution in [2.75, 3.05) is 13.1 Å². The molecule has 3 aromatic rings. The van der Waals surface area contributed by atoms with Crippen LogP contribution in [0.4, 0.5) is 0 Å². The predicted octanol–water partition coefficient (Wildman–Crippen LogP) is 4.98. The van der Waals surface area contributed by atoms with E-state index in [-0.39, 0.29) is 5.63 Å². The van der Waals surface area contributed by atoms with Gasteiger partial charge in [-0.3, -0.25) is 4.90 Å². The third-order valence-corrected chi connectivity index (χ3v) is 6.26. The molecule has 1 fully saturated rings. The van der Waals surface area contributed by atoms with Gasteiger partial charge >= 0.3 is 5.63 Å². The molecule has 4 rings (SSSR count). The molecule has 30 heavy (non-hydrogen) atoms. The van der Waals surface area contributed by atoms with Crippen LogP contribution in [0, 0.1) is 6.92 Å². The zero-order valence-corrected chi connectivity index (χ0v) is 18.3. The molecular weight excluding hydrogens is 372 g/mol. The van der Waals surface area contributed by atoms with E-state index in [0.29, 0.717) is 24.1 Å². The zero-order chi connectivity index (χ0) is 21.1. The van der Waals surface area contributed by atoms with E-state index in [4.69, 9.17) is 4.42 Å². The Morgan fingerprint density at radius 2 is 1.83 bits per heavy atom. The molecule has 1 aliphatic heterocycles. The SMILES string of the molecule is Cc1cc2oc(=O)cc(CNC3CCN(Cc4ccccc4)CC3)c2cc1C(C)C. The summed E-state index contributed by atoms with van der Waals surface area (Å²) in [7, 11) is 0. The van der Waals surface area contributed by atoms with E-state index >= 15 is 0 Å². The smallest absolute Gasteiger partial charge is 0.336 e. The summed E-state index contributed by atoms with van der Waals surface area (Å²) in [5.74, 6) is 0.441. The van der Waals surface area contributed by atoms with Crippen molar-refractivity contribution >= 4 is 11.0 Å². The van der Waals surface area contributed by atoms with Crippen molar-refractivity contribution in [2.24, 2.45) is 0 Å². The lowest BCUT2D eigenvalue weighted by Gasteiger charge is -2.32. The number of nitrogens with zero attached hydrogens (tertiary/aromatic N) is 1. The first-order chi connectivity index (χ1) is 14.5. The largest absolute Gasteiger partial charge is 0.423 e. The Hall–Kier alpha value is -2.43. The molecule has 0 aliphatic carbocycles. The van der Waals surface area contributed by atoms with Gasteiger partial charge in [-0.05, 0) is 73.2 Å². The third kappa shape index (κ3) is 4.82. The van der Waals surface area contributed by atoms with Crippen LogP contribution in [0.15, 0.2) is 57.7 Å². The minimum atomic E-state index is -0.270. The van der Waals surface area contributed by atoms with Gasteiger partial charge in [0.1, 0.15) is 5.58 Å². The van der Waals surface area contributed by atoms with Gasteiger partial charge in [0.15, 0.2) is 0 Å². The number of aryl methyl sites for hydroxylation is 1. The first-order valence-electron chi connectivity index (χ1n) is 11.1. The molecular formula is C26H32N2O2. The number of fused-ring (bicyclic) bond motifs is 1. The van der Waals surface area contributed by atoms with Crippen LogP contribution >= 0.6 is 0 Å². The van der Waals surface area contributed by atoms with E-state index in [9.17, 15) is 4.79 Å². The molecule has 0 unspecified atom stereocenters. The number of hydrogen-bond acceptors (Lipinski definition) is 4. The summed E-state index contributed by atoms with van der Waals surface area (Å²) in [5.41, 5.74) is 5.33. The Balaban J connectivity index is 1.41. The minimum Gasteiger partial charge on any atom is -0.423 e. The maximum atomic E-state index is 12.1. The molecule has 1 saturated heterocycles. The normalized spacial score (nSPS) is 15.9. The highest BCUT2D eigenvalue weighted by Gasteiger charge is 2.19. The minimum absolute atomic E-state index is 0.270. The Morgan fingerprint density at radius 3 is 2.53 bits per heavy atom. The molecule has 1 aromatic heterocycles. The number of piperidine rings is 1. The van der Waals surface area contributed by atoms with Gasteiger partial charge in [0.25, 0.3) is 0 Å². The highest BCUT2D eigenvalue weighted by Crippen LogP contribution is 2.27. The van der Waals surface area contributed by atoms with Crippen molar-refractivity contribution in [2.45, 2.75) is 58.7 Å². The highest BCUT2D eigenvalue weighted by atomic mass is 16.4. The molecule has 1 N–H and O–H groups in total. The summed E-state index contributed by atoms with van der Waals surface area (Å²) in [5, 5.41) is 4.75. The van der Waals surface area contributed by atoms with Crippen molar-refractivity contribution in [1.29, 1.82) is 0 Å². The Kier molecular flexibility index (Phi) is 6.35. The number of nitrogens with one attached hydrogen (secondary N) is 1. The standard InChI is InChI=1S/C26H32N2O2/c1-18(2)23-15-24-21(14-26(29)30-25(24)13-19(23)3)16-27-22-9-11-28(12-10-22)17-20-7-5-4-6-8-20/h4-8,13-15,18,22,27H,9-12,16-17H2,1-3H3. The number of likely N-dealkylation sites (tertiary alicyclic amines) is 1. The van der Waals surface area contributed by atoms with Crippen molar-refractivity contribution in [3.63, 3.8) is 0 Å². The molecule has 2 heterocycles. The number of benzene rings is 2. The van der Waals surface area contributed by atoms with Crippen LogP contribution < -0.4 is 10.9 Å². The van der Waals surface area contributed by atoms with Gasteiger partial charge in [0.05, 0.1) is 0 Å². The van der Waals surface area contributed by atoms with Gasteiger partial charge in [-0.15, -0.1) is 0 Å².